The summed E-state index contributed by atoms with van der Waals surface area (Å²) >= 11 is 0. The number of carbonyl (C=O) groups is 1. The molecule has 2 unspecified atom stereocenters. The molecular formula is C15H21NO5. The molecule has 3 N–H and O–H groups in total. The summed E-state index contributed by atoms with van der Waals surface area (Å²) in [6.07, 6.45) is 1.82. The number of methoxy groups -OCH3 is 1. The molecule has 0 amide bonds. The van der Waals surface area contributed by atoms with Gasteiger partial charge < -0.3 is 25.1 Å². The molecule has 0 saturated carbocycles. The maximum absolute atomic E-state index is 11.2. The summed E-state index contributed by atoms with van der Waals surface area (Å²) in [6, 6.07) is 5.10. The summed E-state index contributed by atoms with van der Waals surface area (Å²) < 4.78 is 16.6. The number of hydrogen-bond acceptors (Lipinski definition) is 5. The molecular weight excluding hydrogens is 274 g/mol. The molecule has 0 aromatic heterocycles. The van der Waals surface area contributed by atoms with Crippen LogP contribution in [0.15, 0.2) is 18.2 Å². The zero-order valence-corrected chi connectivity index (χ0v) is 12.1. The minimum atomic E-state index is -0.949. The van der Waals surface area contributed by atoms with Crippen molar-refractivity contribution in [3.8, 4) is 11.5 Å². The van der Waals surface area contributed by atoms with Crippen molar-refractivity contribution in [2.45, 2.75) is 24.9 Å². The van der Waals surface area contributed by atoms with E-state index in [2.05, 4.69) is 0 Å². The SMILES string of the molecule is COc1ccc(C(CN)C(=O)O)cc1OC1CCCOC1. The zero-order valence-electron chi connectivity index (χ0n) is 12.1. The quantitative estimate of drug-likeness (QED) is 0.824. The first-order valence-corrected chi connectivity index (χ1v) is 7.01. The molecule has 1 heterocycles. The van der Waals surface area contributed by atoms with Gasteiger partial charge in [0, 0.05) is 13.2 Å². The largest absolute Gasteiger partial charge is 0.493 e. The molecule has 21 heavy (non-hydrogen) atoms. The lowest BCUT2D eigenvalue weighted by atomic mass is 9.99. The molecule has 2 rings (SSSR count). The second-order valence-corrected chi connectivity index (χ2v) is 4.99. The van der Waals surface area contributed by atoms with Crippen LogP contribution in [-0.2, 0) is 9.53 Å². The fraction of sp³-hybridized carbons (Fsp3) is 0.533. The fourth-order valence-electron chi connectivity index (χ4n) is 2.37. The van der Waals surface area contributed by atoms with Crippen LogP contribution in [0.25, 0.3) is 0 Å². The van der Waals surface area contributed by atoms with Crippen molar-refractivity contribution in [3.63, 3.8) is 0 Å². The highest BCUT2D eigenvalue weighted by molar-refractivity contribution is 5.76. The number of rotatable bonds is 6. The van der Waals surface area contributed by atoms with E-state index in [1.807, 2.05) is 0 Å². The summed E-state index contributed by atoms with van der Waals surface area (Å²) in [7, 11) is 1.55. The highest BCUT2D eigenvalue weighted by Gasteiger charge is 2.22. The smallest absolute Gasteiger partial charge is 0.312 e. The lowest BCUT2D eigenvalue weighted by molar-refractivity contribution is -0.138. The van der Waals surface area contributed by atoms with Gasteiger partial charge in [-0.2, -0.15) is 0 Å². The van der Waals surface area contributed by atoms with E-state index in [9.17, 15) is 9.90 Å². The van der Waals surface area contributed by atoms with Crippen molar-refractivity contribution < 1.29 is 24.1 Å². The molecule has 0 spiro atoms. The van der Waals surface area contributed by atoms with Crippen molar-refractivity contribution in [3.05, 3.63) is 23.8 Å². The average molecular weight is 295 g/mol. The number of carboxylic acid groups (broad SMARTS) is 1. The first-order valence-electron chi connectivity index (χ1n) is 7.01. The van der Waals surface area contributed by atoms with Crippen LogP contribution >= 0.6 is 0 Å². The molecule has 6 heteroatoms. The number of aliphatic carboxylic acids is 1. The van der Waals surface area contributed by atoms with Gasteiger partial charge >= 0.3 is 5.97 Å². The summed E-state index contributed by atoms with van der Waals surface area (Å²) in [5.74, 6) is -0.592. The predicted molar refractivity (Wildman–Crippen MR) is 76.9 cm³/mol. The van der Waals surface area contributed by atoms with Gasteiger partial charge in [-0.25, -0.2) is 0 Å². The highest BCUT2D eigenvalue weighted by atomic mass is 16.5. The fourth-order valence-corrected chi connectivity index (χ4v) is 2.37. The molecule has 1 aliphatic heterocycles. The zero-order chi connectivity index (χ0) is 15.2. The molecule has 1 aromatic carbocycles. The first-order chi connectivity index (χ1) is 10.2. The Labute approximate surface area is 123 Å². The Bertz CT molecular complexity index is 485. The van der Waals surface area contributed by atoms with E-state index in [0.717, 1.165) is 19.4 Å². The van der Waals surface area contributed by atoms with Crippen molar-refractivity contribution >= 4 is 5.97 Å². The van der Waals surface area contributed by atoms with Gasteiger partial charge in [0.2, 0.25) is 0 Å². The highest BCUT2D eigenvalue weighted by Crippen LogP contribution is 2.32. The molecule has 1 aromatic rings. The van der Waals surface area contributed by atoms with Crippen LogP contribution in [0.1, 0.15) is 24.3 Å². The summed E-state index contributed by atoms with van der Waals surface area (Å²) in [5, 5.41) is 9.19. The van der Waals surface area contributed by atoms with Crippen LogP contribution in [0, 0.1) is 0 Å². The number of ether oxygens (including phenoxy) is 3. The van der Waals surface area contributed by atoms with Gasteiger partial charge in [-0.1, -0.05) is 6.07 Å². The maximum atomic E-state index is 11.2. The number of nitrogens with two attached hydrogens (primary N) is 1. The lowest BCUT2D eigenvalue weighted by Crippen LogP contribution is -2.28. The number of carboxylic acids is 1. The minimum absolute atomic E-state index is 0.0354. The molecule has 2 atom stereocenters. The van der Waals surface area contributed by atoms with E-state index < -0.39 is 11.9 Å². The third-order valence-corrected chi connectivity index (χ3v) is 3.54. The molecule has 0 aliphatic carbocycles. The van der Waals surface area contributed by atoms with E-state index in [1.54, 1.807) is 25.3 Å². The maximum Gasteiger partial charge on any atom is 0.312 e. The first kappa shape index (κ1) is 15.6. The Morgan fingerprint density at radius 1 is 1.52 bits per heavy atom. The van der Waals surface area contributed by atoms with Crippen LogP contribution < -0.4 is 15.2 Å². The minimum Gasteiger partial charge on any atom is -0.493 e. The summed E-state index contributed by atoms with van der Waals surface area (Å²) in [4.78, 5) is 11.2. The standard InChI is InChI=1S/C15H21NO5/c1-19-13-5-4-10(12(8-16)15(17)18)7-14(13)21-11-3-2-6-20-9-11/h4-5,7,11-12H,2-3,6,8-9,16H2,1H3,(H,17,18). The van der Waals surface area contributed by atoms with Crippen molar-refractivity contribution in [2.75, 3.05) is 26.9 Å². The topological polar surface area (TPSA) is 91.0 Å². The molecule has 1 aliphatic rings. The van der Waals surface area contributed by atoms with Crippen LogP contribution in [0.4, 0.5) is 0 Å². The van der Waals surface area contributed by atoms with E-state index in [-0.39, 0.29) is 12.6 Å². The number of hydrogen-bond donors (Lipinski definition) is 2. The normalized spacial score (nSPS) is 19.8. The molecule has 6 nitrogen and oxygen atoms in total. The van der Waals surface area contributed by atoms with E-state index in [4.69, 9.17) is 19.9 Å². The second-order valence-electron chi connectivity index (χ2n) is 4.99. The Hall–Kier alpha value is -1.79. The van der Waals surface area contributed by atoms with E-state index in [1.165, 1.54) is 0 Å². The van der Waals surface area contributed by atoms with Gasteiger partial charge in [-0.05, 0) is 30.5 Å². The average Bonchev–Trinajstić information content (AvgIpc) is 2.49. The Balaban J connectivity index is 2.22. The number of benzene rings is 1. The van der Waals surface area contributed by atoms with Gasteiger partial charge in [-0.3, -0.25) is 4.79 Å². The monoisotopic (exact) mass is 295 g/mol. The summed E-state index contributed by atoms with van der Waals surface area (Å²) in [6.45, 7) is 1.32. The van der Waals surface area contributed by atoms with Crippen LogP contribution in [0.2, 0.25) is 0 Å². The van der Waals surface area contributed by atoms with Gasteiger partial charge in [0.05, 0.1) is 19.6 Å². The van der Waals surface area contributed by atoms with Crippen molar-refractivity contribution in [2.24, 2.45) is 5.73 Å². The van der Waals surface area contributed by atoms with Crippen LogP contribution in [0.5, 0.6) is 11.5 Å². The van der Waals surface area contributed by atoms with Crippen molar-refractivity contribution in [1.82, 2.24) is 0 Å². The van der Waals surface area contributed by atoms with E-state index >= 15 is 0 Å². The molecule has 0 bridgehead atoms. The molecule has 0 radical (unpaired) electrons. The van der Waals surface area contributed by atoms with E-state index in [0.29, 0.717) is 23.7 Å². The predicted octanol–water partition coefficient (Wildman–Crippen LogP) is 1.38. The molecule has 1 fully saturated rings. The lowest BCUT2D eigenvalue weighted by Gasteiger charge is -2.24. The van der Waals surface area contributed by atoms with Gasteiger partial charge in [-0.15, -0.1) is 0 Å². The van der Waals surface area contributed by atoms with Crippen molar-refractivity contribution in [1.29, 1.82) is 0 Å². The Morgan fingerprint density at radius 3 is 2.90 bits per heavy atom. The van der Waals surface area contributed by atoms with Gasteiger partial charge in [0.25, 0.3) is 0 Å². The van der Waals surface area contributed by atoms with Gasteiger partial charge in [0.15, 0.2) is 11.5 Å². The third-order valence-electron chi connectivity index (χ3n) is 3.54. The Kier molecular flexibility index (Phi) is 5.41. The van der Waals surface area contributed by atoms with Gasteiger partial charge in [0.1, 0.15) is 6.10 Å². The Morgan fingerprint density at radius 2 is 2.33 bits per heavy atom. The molecule has 116 valence electrons. The van der Waals surface area contributed by atoms with Crippen LogP contribution in [-0.4, -0.2) is 44.0 Å². The third kappa shape index (κ3) is 3.86. The summed E-state index contributed by atoms with van der Waals surface area (Å²) in [5.41, 5.74) is 6.15. The second kappa shape index (κ2) is 7.28. The molecule has 1 saturated heterocycles. The van der Waals surface area contributed by atoms with Crippen LogP contribution in [0.3, 0.4) is 0 Å².